The minimum Gasteiger partial charge on any atom is -0.396 e. The minimum absolute atomic E-state index is 0.206. The average Bonchev–Trinajstić information content (AvgIpc) is 2.35. The Balaban J connectivity index is 2.38. The van der Waals surface area contributed by atoms with Crippen molar-refractivity contribution in [2.24, 2.45) is 5.92 Å². The van der Waals surface area contributed by atoms with Gasteiger partial charge >= 0.3 is 0 Å². The maximum Gasteiger partial charge on any atom is 0.123 e. The topological polar surface area (TPSA) is 32.3 Å². The zero-order valence-electron chi connectivity index (χ0n) is 11.1. The molecule has 2 N–H and O–H groups in total. The van der Waals surface area contributed by atoms with Crippen molar-refractivity contribution >= 4 is 6.08 Å². The summed E-state index contributed by atoms with van der Waals surface area (Å²) in [5, 5.41) is 12.3. The van der Waals surface area contributed by atoms with Crippen LogP contribution in [0.1, 0.15) is 25.8 Å². The highest BCUT2D eigenvalue weighted by Crippen LogP contribution is 2.06. The molecule has 0 aliphatic heterocycles. The van der Waals surface area contributed by atoms with Gasteiger partial charge in [-0.1, -0.05) is 38.1 Å². The lowest BCUT2D eigenvalue weighted by Crippen LogP contribution is -2.34. The molecule has 1 unspecified atom stereocenters. The molecule has 1 atom stereocenters. The first-order chi connectivity index (χ1) is 8.63. The van der Waals surface area contributed by atoms with Gasteiger partial charge < -0.3 is 10.4 Å². The largest absolute Gasteiger partial charge is 0.396 e. The number of hydrogen-bond acceptors (Lipinski definition) is 2. The molecule has 0 fully saturated rings. The van der Waals surface area contributed by atoms with E-state index in [0.717, 1.165) is 18.5 Å². The monoisotopic (exact) mass is 251 g/mol. The van der Waals surface area contributed by atoms with Crippen molar-refractivity contribution in [2.45, 2.75) is 26.3 Å². The fourth-order valence-electron chi connectivity index (χ4n) is 1.80. The van der Waals surface area contributed by atoms with Gasteiger partial charge in [0.25, 0.3) is 0 Å². The summed E-state index contributed by atoms with van der Waals surface area (Å²) in [7, 11) is 0. The lowest BCUT2D eigenvalue weighted by molar-refractivity contribution is 0.247. The Bertz CT molecular complexity index is 359. The molecule has 3 heteroatoms. The fourth-order valence-corrected chi connectivity index (χ4v) is 1.80. The predicted octanol–water partition coefficient (Wildman–Crippen LogP) is 2.84. The zero-order valence-corrected chi connectivity index (χ0v) is 11.1. The number of aliphatic hydroxyl groups is 1. The van der Waals surface area contributed by atoms with E-state index in [1.807, 2.05) is 12.2 Å². The van der Waals surface area contributed by atoms with Crippen LogP contribution in [0.15, 0.2) is 30.3 Å². The number of rotatable bonds is 7. The molecule has 0 bridgehead atoms. The van der Waals surface area contributed by atoms with Gasteiger partial charge in [0.1, 0.15) is 5.82 Å². The van der Waals surface area contributed by atoms with Crippen LogP contribution >= 0.6 is 0 Å². The molecule has 0 aliphatic carbocycles. The van der Waals surface area contributed by atoms with Gasteiger partial charge in [-0.05, 0) is 30.0 Å². The van der Waals surface area contributed by atoms with Gasteiger partial charge in [-0.25, -0.2) is 4.39 Å². The van der Waals surface area contributed by atoms with Gasteiger partial charge in [-0.2, -0.15) is 0 Å². The molecule has 0 aliphatic rings. The SMILES string of the molecule is CC(C)C(CCO)NC/C=C/c1ccc(F)cc1. The Kier molecular flexibility index (Phi) is 6.61. The van der Waals surface area contributed by atoms with Crippen LogP contribution in [0.5, 0.6) is 0 Å². The average molecular weight is 251 g/mol. The van der Waals surface area contributed by atoms with Gasteiger partial charge in [0, 0.05) is 19.2 Å². The van der Waals surface area contributed by atoms with E-state index in [1.54, 1.807) is 12.1 Å². The fraction of sp³-hybridized carbons (Fsp3) is 0.467. The van der Waals surface area contributed by atoms with Crippen molar-refractivity contribution in [3.05, 3.63) is 41.7 Å². The summed E-state index contributed by atoms with van der Waals surface area (Å²) in [5.41, 5.74) is 0.987. The van der Waals surface area contributed by atoms with Gasteiger partial charge in [-0.3, -0.25) is 0 Å². The molecule has 1 rings (SSSR count). The third kappa shape index (κ3) is 5.43. The first-order valence-corrected chi connectivity index (χ1v) is 6.40. The maximum atomic E-state index is 12.7. The Morgan fingerprint density at radius 1 is 1.28 bits per heavy atom. The molecule has 0 saturated heterocycles. The number of aliphatic hydroxyl groups excluding tert-OH is 1. The molecule has 0 heterocycles. The highest BCUT2D eigenvalue weighted by Gasteiger charge is 2.10. The highest BCUT2D eigenvalue weighted by molar-refractivity contribution is 5.48. The van der Waals surface area contributed by atoms with Gasteiger partial charge in [0.15, 0.2) is 0 Å². The summed E-state index contributed by atoms with van der Waals surface area (Å²) in [6, 6.07) is 6.73. The molecular formula is C15H22FNO. The van der Waals surface area contributed by atoms with Crippen LogP contribution in [0.3, 0.4) is 0 Å². The molecule has 0 aromatic heterocycles. The van der Waals surface area contributed by atoms with Crippen LogP contribution in [-0.4, -0.2) is 24.3 Å². The molecule has 0 saturated carbocycles. The Morgan fingerprint density at radius 2 is 1.94 bits per heavy atom. The van der Waals surface area contributed by atoms with Crippen molar-refractivity contribution in [1.29, 1.82) is 0 Å². The maximum absolute atomic E-state index is 12.7. The summed E-state index contributed by atoms with van der Waals surface area (Å²) in [4.78, 5) is 0. The van der Waals surface area contributed by atoms with Gasteiger partial charge in [0.2, 0.25) is 0 Å². The number of benzene rings is 1. The second kappa shape index (κ2) is 8.01. The first kappa shape index (κ1) is 14.9. The molecule has 18 heavy (non-hydrogen) atoms. The number of nitrogens with one attached hydrogen (secondary N) is 1. The minimum atomic E-state index is -0.215. The van der Waals surface area contributed by atoms with E-state index in [0.29, 0.717) is 12.0 Å². The third-order valence-corrected chi connectivity index (χ3v) is 2.92. The van der Waals surface area contributed by atoms with Crippen molar-refractivity contribution in [3.63, 3.8) is 0 Å². The van der Waals surface area contributed by atoms with E-state index < -0.39 is 0 Å². The van der Waals surface area contributed by atoms with Crippen molar-refractivity contribution < 1.29 is 9.50 Å². The van der Waals surface area contributed by atoms with E-state index >= 15 is 0 Å². The third-order valence-electron chi connectivity index (χ3n) is 2.92. The summed E-state index contributed by atoms with van der Waals surface area (Å²) in [6.07, 6.45) is 4.74. The first-order valence-electron chi connectivity index (χ1n) is 6.40. The van der Waals surface area contributed by atoms with Crippen molar-refractivity contribution in [1.82, 2.24) is 5.32 Å². The lowest BCUT2D eigenvalue weighted by Gasteiger charge is -2.20. The number of halogens is 1. The second-order valence-electron chi connectivity index (χ2n) is 4.72. The van der Waals surface area contributed by atoms with Gasteiger partial charge in [0.05, 0.1) is 0 Å². The van der Waals surface area contributed by atoms with E-state index in [2.05, 4.69) is 19.2 Å². The normalized spacial score (nSPS) is 13.4. The van der Waals surface area contributed by atoms with Crippen molar-refractivity contribution in [2.75, 3.05) is 13.2 Å². The van der Waals surface area contributed by atoms with E-state index in [1.165, 1.54) is 12.1 Å². The Labute approximate surface area is 109 Å². The van der Waals surface area contributed by atoms with E-state index in [9.17, 15) is 4.39 Å². The number of hydrogen-bond donors (Lipinski definition) is 2. The van der Waals surface area contributed by atoms with Gasteiger partial charge in [-0.15, -0.1) is 0 Å². The predicted molar refractivity (Wildman–Crippen MR) is 73.8 cm³/mol. The van der Waals surface area contributed by atoms with Crippen LogP contribution in [0.4, 0.5) is 4.39 Å². The molecule has 0 spiro atoms. The van der Waals surface area contributed by atoms with Crippen LogP contribution in [0.25, 0.3) is 6.08 Å². The Morgan fingerprint density at radius 3 is 2.50 bits per heavy atom. The second-order valence-corrected chi connectivity index (χ2v) is 4.72. The van der Waals surface area contributed by atoms with Crippen LogP contribution in [-0.2, 0) is 0 Å². The zero-order chi connectivity index (χ0) is 13.4. The molecule has 1 aromatic carbocycles. The van der Waals surface area contributed by atoms with Crippen LogP contribution in [0.2, 0.25) is 0 Å². The van der Waals surface area contributed by atoms with Crippen LogP contribution < -0.4 is 5.32 Å². The summed E-state index contributed by atoms with van der Waals surface area (Å²) >= 11 is 0. The summed E-state index contributed by atoms with van der Waals surface area (Å²) < 4.78 is 12.7. The standard InChI is InChI=1S/C15H22FNO/c1-12(2)15(9-11-18)17-10-3-4-13-5-7-14(16)8-6-13/h3-8,12,15,17-18H,9-11H2,1-2H3/b4-3+. The quantitative estimate of drug-likeness (QED) is 0.781. The van der Waals surface area contributed by atoms with Crippen molar-refractivity contribution in [3.8, 4) is 0 Å². The van der Waals surface area contributed by atoms with Crippen LogP contribution in [0, 0.1) is 11.7 Å². The molecular weight excluding hydrogens is 229 g/mol. The molecule has 100 valence electrons. The smallest absolute Gasteiger partial charge is 0.123 e. The highest BCUT2D eigenvalue weighted by atomic mass is 19.1. The molecule has 2 nitrogen and oxygen atoms in total. The summed E-state index contributed by atoms with van der Waals surface area (Å²) in [6.45, 7) is 5.23. The lowest BCUT2D eigenvalue weighted by atomic mass is 10.0. The summed E-state index contributed by atoms with van der Waals surface area (Å²) in [5.74, 6) is 0.282. The van der Waals surface area contributed by atoms with E-state index in [4.69, 9.17) is 5.11 Å². The van der Waals surface area contributed by atoms with E-state index in [-0.39, 0.29) is 12.4 Å². The Hall–Kier alpha value is -1.19. The molecule has 0 radical (unpaired) electrons. The molecule has 1 aromatic rings. The molecule has 0 amide bonds.